The molecule has 3 nitrogen and oxygen atoms in total. The Kier molecular flexibility index (Phi) is 4.80. The standard InChI is InChI=1S/C13H20ClNO2/c1-4-15(9-13(2,3)17)12-6-5-11(14)7-10(12)8-16/h5-7,16-17H,4,8-9H2,1-3H3. The maximum Gasteiger partial charge on any atom is 0.0765 e. The Balaban J connectivity index is 3.03. The Morgan fingerprint density at radius 3 is 2.47 bits per heavy atom. The smallest absolute Gasteiger partial charge is 0.0765 e. The molecule has 0 heterocycles. The van der Waals surface area contributed by atoms with E-state index in [0.717, 1.165) is 17.8 Å². The molecule has 1 aromatic carbocycles. The molecule has 96 valence electrons. The molecule has 0 amide bonds. The number of hydrogen-bond donors (Lipinski definition) is 2. The van der Waals surface area contributed by atoms with E-state index in [2.05, 4.69) is 0 Å². The van der Waals surface area contributed by atoms with Crippen molar-refractivity contribution in [1.82, 2.24) is 0 Å². The highest BCUT2D eigenvalue weighted by atomic mass is 35.5. The van der Waals surface area contributed by atoms with Gasteiger partial charge in [0.2, 0.25) is 0 Å². The zero-order chi connectivity index (χ0) is 13.1. The average Bonchev–Trinajstić information content (AvgIpc) is 2.24. The highest BCUT2D eigenvalue weighted by Gasteiger charge is 2.19. The summed E-state index contributed by atoms with van der Waals surface area (Å²) < 4.78 is 0. The molecular weight excluding hydrogens is 238 g/mol. The van der Waals surface area contributed by atoms with Crippen molar-refractivity contribution in [2.75, 3.05) is 18.0 Å². The van der Waals surface area contributed by atoms with E-state index in [0.29, 0.717) is 11.6 Å². The number of halogens is 1. The lowest BCUT2D eigenvalue weighted by molar-refractivity contribution is 0.0875. The monoisotopic (exact) mass is 257 g/mol. The van der Waals surface area contributed by atoms with Crippen LogP contribution >= 0.6 is 11.6 Å². The van der Waals surface area contributed by atoms with Gasteiger partial charge in [0.05, 0.1) is 12.2 Å². The van der Waals surface area contributed by atoms with Crippen LogP contribution in [0.15, 0.2) is 18.2 Å². The molecule has 0 aliphatic heterocycles. The summed E-state index contributed by atoms with van der Waals surface area (Å²) in [6.45, 7) is 6.77. The number of likely N-dealkylation sites (N-methyl/N-ethyl adjacent to an activating group) is 1. The van der Waals surface area contributed by atoms with Gasteiger partial charge in [0.25, 0.3) is 0 Å². The maximum absolute atomic E-state index is 9.87. The van der Waals surface area contributed by atoms with E-state index in [1.165, 1.54) is 0 Å². The zero-order valence-electron chi connectivity index (χ0n) is 10.6. The van der Waals surface area contributed by atoms with Gasteiger partial charge in [-0.05, 0) is 39.0 Å². The molecule has 0 unspecified atom stereocenters. The van der Waals surface area contributed by atoms with Crippen molar-refractivity contribution in [2.24, 2.45) is 0 Å². The molecule has 4 heteroatoms. The summed E-state index contributed by atoms with van der Waals surface area (Å²) in [4.78, 5) is 2.03. The quantitative estimate of drug-likeness (QED) is 0.852. The average molecular weight is 258 g/mol. The Labute approximate surface area is 108 Å². The molecule has 2 N–H and O–H groups in total. The van der Waals surface area contributed by atoms with Crippen LogP contribution in [0.25, 0.3) is 0 Å². The van der Waals surface area contributed by atoms with Gasteiger partial charge >= 0.3 is 0 Å². The minimum atomic E-state index is -0.775. The van der Waals surface area contributed by atoms with Crippen molar-refractivity contribution in [3.63, 3.8) is 0 Å². The summed E-state index contributed by atoms with van der Waals surface area (Å²) in [5.41, 5.74) is 0.924. The predicted molar refractivity (Wildman–Crippen MR) is 71.6 cm³/mol. The first-order valence-electron chi connectivity index (χ1n) is 5.74. The van der Waals surface area contributed by atoms with Crippen LogP contribution in [-0.2, 0) is 6.61 Å². The molecule has 0 radical (unpaired) electrons. The topological polar surface area (TPSA) is 43.7 Å². The summed E-state index contributed by atoms with van der Waals surface area (Å²) in [6, 6.07) is 5.43. The summed E-state index contributed by atoms with van der Waals surface area (Å²) in [7, 11) is 0. The Hall–Kier alpha value is -0.770. The van der Waals surface area contributed by atoms with Crippen molar-refractivity contribution in [3.05, 3.63) is 28.8 Å². The molecule has 0 saturated heterocycles. The first-order chi connectivity index (χ1) is 7.87. The van der Waals surface area contributed by atoms with Crippen LogP contribution in [-0.4, -0.2) is 28.9 Å². The van der Waals surface area contributed by atoms with E-state index in [-0.39, 0.29) is 6.61 Å². The van der Waals surface area contributed by atoms with Gasteiger partial charge in [0.1, 0.15) is 0 Å². The van der Waals surface area contributed by atoms with Gasteiger partial charge in [-0.25, -0.2) is 0 Å². The van der Waals surface area contributed by atoms with Gasteiger partial charge in [0.15, 0.2) is 0 Å². The van der Waals surface area contributed by atoms with Crippen LogP contribution in [0.5, 0.6) is 0 Å². The molecule has 0 atom stereocenters. The fourth-order valence-corrected chi connectivity index (χ4v) is 2.02. The van der Waals surface area contributed by atoms with Crippen LogP contribution < -0.4 is 4.90 Å². The second-order valence-corrected chi connectivity index (χ2v) is 5.19. The van der Waals surface area contributed by atoms with E-state index >= 15 is 0 Å². The predicted octanol–water partition coefficient (Wildman–Crippen LogP) is 2.43. The third-order valence-electron chi connectivity index (χ3n) is 2.51. The lowest BCUT2D eigenvalue weighted by atomic mass is 10.1. The zero-order valence-corrected chi connectivity index (χ0v) is 11.3. The second-order valence-electron chi connectivity index (χ2n) is 4.76. The Bertz CT molecular complexity index is 374. The number of aliphatic hydroxyl groups excluding tert-OH is 1. The van der Waals surface area contributed by atoms with Crippen LogP contribution in [0.2, 0.25) is 5.02 Å². The minimum absolute atomic E-state index is 0.0573. The van der Waals surface area contributed by atoms with Gasteiger partial charge in [0, 0.05) is 29.4 Å². The lowest BCUT2D eigenvalue weighted by Crippen LogP contribution is -2.39. The van der Waals surface area contributed by atoms with Crippen molar-refractivity contribution in [1.29, 1.82) is 0 Å². The van der Waals surface area contributed by atoms with Crippen LogP contribution in [0.1, 0.15) is 26.3 Å². The molecule has 0 fully saturated rings. The Morgan fingerprint density at radius 2 is 2.00 bits per heavy atom. The second kappa shape index (κ2) is 5.71. The summed E-state index contributed by atoms with van der Waals surface area (Å²) in [5, 5.41) is 19.8. The number of anilines is 1. The van der Waals surface area contributed by atoms with Crippen molar-refractivity contribution in [2.45, 2.75) is 33.0 Å². The largest absolute Gasteiger partial charge is 0.392 e. The fraction of sp³-hybridized carbons (Fsp3) is 0.538. The third-order valence-corrected chi connectivity index (χ3v) is 2.75. The molecular formula is C13H20ClNO2. The summed E-state index contributed by atoms with van der Waals surface area (Å²) in [5.74, 6) is 0. The SMILES string of the molecule is CCN(CC(C)(C)O)c1ccc(Cl)cc1CO. The number of nitrogens with zero attached hydrogens (tertiary/aromatic N) is 1. The van der Waals surface area contributed by atoms with Gasteiger partial charge in [-0.15, -0.1) is 0 Å². The highest BCUT2D eigenvalue weighted by Crippen LogP contribution is 2.25. The highest BCUT2D eigenvalue weighted by molar-refractivity contribution is 6.30. The lowest BCUT2D eigenvalue weighted by Gasteiger charge is -2.31. The normalized spacial score (nSPS) is 11.6. The molecule has 1 aromatic rings. The molecule has 0 aromatic heterocycles. The molecule has 17 heavy (non-hydrogen) atoms. The Morgan fingerprint density at radius 1 is 1.35 bits per heavy atom. The fourth-order valence-electron chi connectivity index (χ4n) is 1.82. The van der Waals surface area contributed by atoms with Crippen LogP contribution in [0.3, 0.4) is 0 Å². The van der Waals surface area contributed by atoms with Crippen molar-refractivity contribution < 1.29 is 10.2 Å². The van der Waals surface area contributed by atoms with Crippen molar-refractivity contribution >= 4 is 17.3 Å². The first-order valence-corrected chi connectivity index (χ1v) is 6.12. The van der Waals surface area contributed by atoms with Gasteiger partial charge in [-0.3, -0.25) is 0 Å². The third kappa shape index (κ3) is 4.19. The van der Waals surface area contributed by atoms with E-state index in [4.69, 9.17) is 11.6 Å². The minimum Gasteiger partial charge on any atom is -0.392 e. The van der Waals surface area contributed by atoms with Gasteiger partial charge in [-0.2, -0.15) is 0 Å². The molecule has 0 spiro atoms. The summed E-state index contributed by atoms with van der Waals surface area (Å²) >= 11 is 5.90. The molecule has 1 rings (SSSR count). The van der Waals surface area contributed by atoms with E-state index in [1.54, 1.807) is 26.0 Å². The molecule has 0 saturated carbocycles. The number of benzene rings is 1. The molecule has 0 aliphatic rings. The van der Waals surface area contributed by atoms with Crippen molar-refractivity contribution in [3.8, 4) is 0 Å². The first kappa shape index (κ1) is 14.3. The van der Waals surface area contributed by atoms with Crippen LogP contribution in [0.4, 0.5) is 5.69 Å². The maximum atomic E-state index is 9.87. The molecule has 0 bridgehead atoms. The number of aliphatic hydroxyl groups is 2. The van der Waals surface area contributed by atoms with Crippen LogP contribution in [0, 0.1) is 0 Å². The van der Waals surface area contributed by atoms with E-state index in [1.807, 2.05) is 17.9 Å². The molecule has 0 aliphatic carbocycles. The van der Waals surface area contributed by atoms with E-state index < -0.39 is 5.60 Å². The van der Waals surface area contributed by atoms with E-state index in [9.17, 15) is 10.2 Å². The number of hydrogen-bond acceptors (Lipinski definition) is 3. The number of rotatable bonds is 5. The van der Waals surface area contributed by atoms with Gasteiger partial charge < -0.3 is 15.1 Å². The summed E-state index contributed by atoms with van der Waals surface area (Å²) in [6.07, 6.45) is 0. The van der Waals surface area contributed by atoms with Gasteiger partial charge in [-0.1, -0.05) is 11.6 Å².